The van der Waals surface area contributed by atoms with Crippen LogP contribution in [0.4, 0.5) is 0 Å². The van der Waals surface area contributed by atoms with Crippen LogP contribution in [0, 0.1) is 48.7 Å². The van der Waals surface area contributed by atoms with Crippen molar-refractivity contribution in [2.24, 2.45) is 48.7 Å². The smallest absolute Gasteiger partial charge is 0.128 e. The summed E-state index contributed by atoms with van der Waals surface area (Å²) in [5.74, 6) is 0.931. The van der Waals surface area contributed by atoms with Crippen molar-refractivity contribution in [1.82, 2.24) is 65.0 Å². The molecule has 0 aliphatic carbocycles. The van der Waals surface area contributed by atoms with E-state index < -0.39 is 0 Å². The van der Waals surface area contributed by atoms with Gasteiger partial charge in [0.1, 0.15) is 18.5 Å². The SMILES string of the molecule is CC.CC.CC.CC.CC.CC.CC(C)(C)Cc1ccccc1.CC(C)(C)Cc1ccccn1.CC(C)(C)Cc1cccnc1.CC(C)(C)Cc1cccnn1.CC(C)(C)Cc1ccncc1.CC(C)(C)Cc1ccncn1.CC(C)(C)Cc1cnccn1.CC(C)(C)Cc1cncnc1.CC(C)(C)Cc1ncccn1. The standard InChI is InChI=1S/C11H16.3C10H15N.5C9H14N2.6C2H6/c1-11(2,3)9-10-7-5-4-6-8-10;1-10(2,3)8-9-4-6-11-7-5-9;1-10(2,3)7-9-5-4-6-11-8-9;1-10(2,3)8-9-6-4-5-7-11-9;1-9(2,3)4-8-5-10-7-11-6-8;1-9(2,3)6-8-7-10-4-5-11-8;1-9(2,3)6-8-4-5-10-7-11-8;1-9(2,3)7-8-10-5-4-6-11-8;1-9(2,3)7-8-5-4-6-10-11-8;6*1-2/h4-8H,9H2,1-3H3;4-7H,8H2,1-3H3;4-6,8H,7H2,1-3H3;4-7H,8H2,1-3H3;5-7H,4H2,1-3H3;2*4-5,7H,6H2,1-3H3;2*4-6H,7H2,1-3H3;6*1-2H3. The fraction of sp³-hybridized carbons (Fsp3) is 0.582. The summed E-state index contributed by atoms with van der Waals surface area (Å²) in [5.41, 5.74) is 12.8. The Morgan fingerprint density at radius 1 is 0.198 bits per heavy atom. The van der Waals surface area contributed by atoms with E-state index in [2.05, 4.69) is 307 Å². The van der Waals surface area contributed by atoms with Crippen molar-refractivity contribution in [2.75, 3.05) is 0 Å². The number of hydrogen-bond acceptors (Lipinski definition) is 13. The molecule has 0 aliphatic rings. The maximum atomic E-state index is 4.26. The summed E-state index contributed by atoms with van der Waals surface area (Å²) in [6.07, 6.45) is 37.9. The summed E-state index contributed by atoms with van der Waals surface area (Å²) in [6, 6.07) is 32.7. The van der Waals surface area contributed by atoms with Gasteiger partial charge in [-0.2, -0.15) is 10.2 Å². The molecular weight excluding hydrogens is 1360 g/mol. The molecule has 0 saturated heterocycles. The van der Waals surface area contributed by atoms with Gasteiger partial charge in [0.25, 0.3) is 0 Å². The first-order valence-corrected chi connectivity index (χ1v) is 41.2. The van der Waals surface area contributed by atoms with Crippen molar-refractivity contribution in [3.05, 3.63) is 247 Å². The molecule has 8 aromatic heterocycles. The molecule has 13 heteroatoms. The lowest BCUT2D eigenvalue weighted by Crippen LogP contribution is -2.11. The Kier molecular flexibility index (Phi) is 66.3. The van der Waals surface area contributed by atoms with E-state index >= 15 is 0 Å². The summed E-state index contributed by atoms with van der Waals surface area (Å²) >= 11 is 0. The molecule has 111 heavy (non-hydrogen) atoms. The molecule has 13 nitrogen and oxygen atoms in total. The topological polar surface area (TPSA) is 168 Å². The minimum Gasteiger partial charge on any atom is -0.265 e. The molecule has 0 aliphatic heterocycles. The van der Waals surface area contributed by atoms with Gasteiger partial charge in [0.05, 0.1) is 11.4 Å². The third-order valence-corrected chi connectivity index (χ3v) is 12.6. The van der Waals surface area contributed by atoms with E-state index in [9.17, 15) is 0 Å². The van der Waals surface area contributed by atoms with Gasteiger partial charge in [-0.1, -0.05) is 312 Å². The van der Waals surface area contributed by atoms with Crippen LogP contribution >= 0.6 is 0 Å². The molecule has 9 aromatic rings. The van der Waals surface area contributed by atoms with E-state index in [0.717, 1.165) is 80.7 Å². The van der Waals surface area contributed by atoms with Crippen LogP contribution in [0.2, 0.25) is 0 Å². The fourth-order valence-electron chi connectivity index (χ4n) is 9.31. The summed E-state index contributed by atoms with van der Waals surface area (Å²) in [7, 11) is 0. The van der Waals surface area contributed by atoms with E-state index in [-0.39, 0.29) is 5.41 Å². The predicted molar refractivity (Wildman–Crippen MR) is 486 cm³/mol. The molecule has 0 bridgehead atoms. The molecule has 0 N–H and O–H groups in total. The number of rotatable bonds is 9. The molecule has 0 amide bonds. The molecule has 1 aromatic carbocycles. The van der Waals surface area contributed by atoms with Gasteiger partial charge in [0.15, 0.2) is 0 Å². The Morgan fingerprint density at radius 3 is 0.937 bits per heavy atom. The maximum Gasteiger partial charge on any atom is 0.128 e. The number of nitrogens with zero attached hydrogens (tertiary/aromatic N) is 13. The summed E-state index contributed by atoms with van der Waals surface area (Å²) in [5, 5.41) is 7.83. The maximum absolute atomic E-state index is 4.26. The van der Waals surface area contributed by atoms with E-state index in [1.54, 1.807) is 49.8 Å². The van der Waals surface area contributed by atoms with Crippen molar-refractivity contribution < 1.29 is 0 Å². The normalized spacial score (nSPS) is 10.6. The lowest BCUT2D eigenvalue weighted by Gasteiger charge is -2.17. The molecule has 0 spiro atoms. The summed E-state index contributed by atoms with van der Waals surface area (Å²) in [4.78, 5) is 44.8. The fourth-order valence-corrected chi connectivity index (χ4v) is 9.31. The van der Waals surface area contributed by atoms with Crippen LogP contribution in [-0.2, 0) is 57.8 Å². The lowest BCUT2D eigenvalue weighted by atomic mass is 9.88. The van der Waals surface area contributed by atoms with E-state index in [0.29, 0.717) is 43.3 Å². The molecule has 0 radical (unpaired) electrons. The van der Waals surface area contributed by atoms with Crippen LogP contribution in [0.25, 0.3) is 0 Å². The van der Waals surface area contributed by atoms with Crippen LogP contribution in [0.3, 0.4) is 0 Å². The highest BCUT2D eigenvalue weighted by Gasteiger charge is 2.17. The highest BCUT2D eigenvalue weighted by molar-refractivity contribution is 5.16. The van der Waals surface area contributed by atoms with Crippen LogP contribution in [-0.4, -0.2) is 65.0 Å². The highest BCUT2D eigenvalue weighted by Crippen LogP contribution is 2.25. The minimum atomic E-state index is 0.279. The third kappa shape index (κ3) is 85.9. The monoisotopic (exact) mass is 1530 g/mol. The van der Waals surface area contributed by atoms with Gasteiger partial charge >= 0.3 is 0 Å². The van der Waals surface area contributed by atoms with Crippen molar-refractivity contribution in [1.29, 1.82) is 0 Å². The first-order chi connectivity index (χ1) is 51.7. The van der Waals surface area contributed by atoms with Gasteiger partial charge in [-0.3, -0.25) is 24.9 Å². The zero-order valence-corrected chi connectivity index (χ0v) is 78.7. The molecular formula is C98H167N13. The Balaban J connectivity index is -0.000000274. The minimum absolute atomic E-state index is 0.279. The molecule has 9 rings (SSSR count). The average Bonchev–Trinajstić information content (AvgIpc) is 0.982. The number of hydrogen-bond donors (Lipinski definition) is 0. The summed E-state index contributed by atoms with van der Waals surface area (Å²) in [6.45, 7) is 83.9. The van der Waals surface area contributed by atoms with Crippen LogP contribution < -0.4 is 0 Å². The number of pyridine rings is 3. The average molecular weight is 1530 g/mol. The largest absolute Gasteiger partial charge is 0.265 e. The van der Waals surface area contributed by atoms with Gasteiger partial charge in [-0.15, -0.1) is 0 Å². The van der Waals surface area contributed by atoms with E-state index in [1.807, 2.05) is 175 Å². The van der Waals surface area contributed by atoms with Crippen molar-refractivity contribution in [3.8, 4) is 0 Å². The van der Waals surface area contributed by atoms with Crippen LogP contribution in [0.1, 0.15) is 321 Å². The van der Waals surface area contributed by atoms with Crippen molar-refractivity contribution in [3.63, 3.8) is 0 Å². The molecule has 8 heterocycles. The zero-order chi connectivity index (χ0) is 86.9. The number of aromatic nitrogens is 13. The van der Waals surface area contributed by atoms with E-state index in [1.165, 1.54) is 27.9 Å². The second-order valence-corrected chi connectivity index (χ2v) is 36.2. The predicted octanol–water partition coefficient (Wildman–Crippen LogP) is 27.8. The number of benzene rings is 1. The van der Waals surface area contributed by atoms with Crippen LogP contribution in [0.15, 0.2) is 196 Å². The Labute approximate surface area is 685 Å². The van der Waals surface area contributed by atoms with Gasteiger partial charge < -0.3 is 0 Å². The van der Waals surface area contributed by atoms with Gasteiger partial charge in [-0.05, 0) is 177 Å². The molecule has 0 fully saturated rings. The highest BCUT2D eigenvalue weighted by atomic mass is 15.1. The van der Waals surface area contributed by atoms with Gasteiger partial charge in [-0.25, -0.2) is 29.9 Å². The zero-order valence-electron chi connectivity index (χ0n) is 78.7. The first-order valence-electron chi connectivity index (χ1n) is 41.2. The third-order valence-electron chi connectivity index (χ3n) is 12.6. The Bertz CT molecular complexity index is 2620. The van der Waals surface area contributed by atoms with Crippen molar-refractivity contribution in [2.45, 2.75) is 328 Å². The van der Waals surface area contributed by atoms with Crippen molar-refractivity contribution >= 4 is 0 Å². The molecule has 624 valence electrons. The second-order valence-electron chi connectivity index (χ2n) is 36.2. The second kappa shape index (κ2) is 64.6. The van der Waals surface area contributed by atoms with Gasteiger partial charge in [0, 0.05) is 105 Å². The van der Waals surface area contributed by atoms with Gasteiger partial charge in [0.2, 0.25) is 0 Å². The molecule has 0 unspecified atom stereocenters. The molecule has 0 saturated carbocycles. The lowest BCUT2D eigenvalue weighted by molar-refractivity contribution is 0.400. The molecule has 0 atom stereocenters. The Morgan fingerprint density at radius 2 is 0.550 bits per heavy atom. The first kappa shape index (κ1) is 114. The van der Waals surface area contributed by atoms with E-state index in [4.69, 9.17) is 0 Å². The summed E-state index contributed by atoms with van der Waals surface area (Å²) < 4.78 is 0. The van der Waals surface area contributed by atoms with Crippen LogP contribution in [0.5, 0.6) is 0 Å². The Hall–Kier alpha value is -7.93. The quantitative estimate of drug-likeness (QED) is 0.134.